The normalized spacial score (nSPS) is 10.8. The molecule has 1 amide bonds. The average molecular weight is 420 g/mol. The van der Waals surface area contributed by atoms with E-state index in [0.717, 1.165) is 16.9 Å². The number of nitrogens with zero attached hydrogens (tertiary/aromatic N) is 1. The van der Waals surface area contributed by atoms with E-state index < -0.39 is 18.5 Å². The van der Waals surface area contributed by atoms with Crippen LogP contribution in [-0.2, 0) is 11.3 Å². The number of carbonyl (C=O) groups is 2. The summed E-state index contributed by atoms with van der Waals surface area (Å²) >= 11 is 1.04. The van der Waals surface area contributed by atoms with Gasteiger partial charge in [-0.2, -0.15) is 8.78 Å². The van der Waals surface area contributed by atoms with Gasteiger partial charge in [-0.1, -0.05) is 30.3 Å². The largest absolute Gasteiger partial charge is 0.464 e. The summed E-state index contributed by atoms with van der Waals surface area (Å²) in [6, 6.07) is 12.3. The van der Waals surface area contributed by atoms with E-state index in [4.69, 9.17) is 4.74 Å². The number of amides is 1. The van der Waals surface area contributed by atoms with E-state index in [2.05, 4.69) is 10.1 Å². The van der Waals surface area contributed by atoms with Crippen LogP contribution in [0.25, 0.3) is 0 Å². The Kier molecular flexibility index (Phi) is 6.28. The fourth-order valence-electron chi connectivity index (χ4n) is 2.79. The Labute approximate surface area is 169 Å². The minimum atomic E-state index is -3.03. The number of aromatic nitrogens is 1. The molecule has 29 heavy (non-hydrogen) atoms. The van der Waals surface area contributed by atoms with E-state index >= 15 is 0 Å². The van der Waals surface area contributed by atoms with Crippen LogP contribution < -0.4 is 10.1 Å². The molecule has 9 heteroatoms. The number of anilines is 1. The first-order valence-corrected chi connectivity index (χ1v) is 9.38. The molecular formula is C20H18F2N2O4S. The first-order chi connectivity index (χ1) is 13.9. The van der Waals surface area contributed by atoms with E-state index in [1.165, 1.54) is 19.2 Å². The minimum Gasteiger partial charge on any atom is -0.464 e. The molecule has 3 rings (SSSR count). The molecule has 0 aliphatic heterocycles. The molecule has 0 atom stereocenters. The van der Waals surface area contributed by atoms with Gasteiger partial charge in [0.15, 0.2) is 0 Å². The summed E-state index contributed by atoms with van der Waals surface area (Å²) < 4.78 is 36.1. The molecule has 0 saturated heterocycles. The number of aryl methyl sites for hydroxylation is 1. The first-order valence-electron chi connectivity index (χ1n) is 8.56. The van der Waals surface area contributed by atoms with E-state index in [9.17, 15) is 18.4 Å². The lowest BCUT2D eigenvalue weighted by molar-refractivity contribution is -0.0498. The second-order valence-corrected chi connectivity index (χ2v) is 7.36. The van der Waals surface area contributed by atoms with Gasteiger partial charge in [0, 0.05) is 17.6 Å². The van der Waals surface area contributed by atoms with Crippen LogP contribution in [0.15, 0.2) is 48.7 Å². The summed E-state index contributed by atoms with van der Waals surface area (Å²) in [5, 5.41) is 2.63. The van der Waals surface area contributed by atoms with Crippen molar-refractivity contribution in [1.29, 1.82) is 0 Å². The number of alkyl halides is 2. The Morgan fingerprint density at radius 3 is 2.59 bits per heavy atom. The van der Waals surface area contributed by atoms with Crippen LogP contribution in [0.2, 0.25) is 0 Å². The van der Waals surface area contributed by atoms with Crippen LogP contribution in [0.5, 0.6) is 5.75 Å². The lowest BCUT2D eigenvalue weighted by atomic mass is 10.2. The summed E-state index contributed by atoms with van der Waals surface area (Å²) in [5.41, 5.74) is 1.53. The van der Waals surface area contributed by atoms with Crippen molar-refractivity contribution in [3.05, 3.63) is 69.7 Å². The molecule has 6 nitrogen and oxygen atoms in total. The SMILES string of the molecule is COC(=O)c1cc(NC(=O)c2sc(C)cc2OC(F)F)cn1Cc1ccccc1. The molecule has 152 valence electrons. The highest BCUT2D eigenvalue weighted by Gasteiger charge is 2.21. The highest BCUT2D eigenvalue weighted by atomic mass is 32.1. The number of rotatable bonds is 7. The minimum absolute atomic E-state index is 0.0261. The van der Waals surface area contributed by atoms with Gasteiger partial charge in [-0.15, -0.1) is 11.3 Å². The van der Waals surface area contributed by atoms with Gasteiger partial charge in [-0.3, -0.25) is 4.79 Å². The molecule has 0 radical (unpaired) electrons. The van der Waals surface area contributed by atoms with Crippen LogP contribution in [0.4, 0.5) is 14.5 Å². The molecule has 0 spiro atoms. The Hall–Kier alpha value is -3.20. The highest BCUT2D eigenvalue weighted by Crippen LogP contribution is 2.31. The topological polar surface area (TPSA) is 69.6 Å². The van der Waals surface area contributed by atoms with Crippen molar-refractivity contribution in [1.82, 2.24) is 4.57 Å². The third-order valence-corrected chi connectivity index (χ3v) is 5.02. The van der Waals surface area contributed by atoms with E-state index in [-0.39, 0.29) is 16.3 Å². The predicted octanol–water partition coefficient (Wildman–Crippen LogP) is 4.55. The smallest absolute Gasteiger partial charge is 0.387 e. The number of halogens is 2. The van der Waals surface area contributed by atoms with Crippen LogP contribution in [0, 0.1) is 6.92 Å². The third kappa shape index (κ3) is 5.00. The molecule has 0 aliphatic carbocycles. The van der Waals surface area contributed by atoms with Crippen molar-refractivity contribution in [2.24, 2.45) is 0 Å². The van der Waals surface area contributed by atoms with Crippen molar-refractivity contribution < 1.29 is 27.8 Å². The molecule has 0 saturated carbocycles. The second kappa shape index (κ2) is 8.87. The Morgan fingerprint density at radius 2 is 1.93 bits per heavy atom. The maximum Gasteiger partial charge on any atom is 0.387 e. The van der Waals surface area contributed by atoms with Gasteiger partial charge in [0.25, 0.3) is 5.91 Å². The zero-order valence-corrected chi connectivity index (χ0v) is 16.5. The molecule has 3 aromatic rings. The molecule has 2 aromatic heterocycles. The number of methoxy groups -OCH3 is 1. The van der Waals surface area contributed by atoms with E-state index in [0.29, 0.717) is 17.1 Å². The van der Waals surface area contributed by atoms with Crippen LogP contribution in [-0.4, -0.2) is 30.2 Å². The van der Waals surface area contributed by atoms with Gasteiger partial charge in [0.1, 0.15) is 16.3 Å². The Balaban J connectivity index is 1.86. The second-order valence-electron chi connectivity index (χ2n) is 6.10. The summed E-state index contributed by atoms with van der Waals surface area (Å²) in [6.07, 6.45) is 1.59. The lowest BCUT2D eigenvalue weighted by Crippen LogP contribution is -2.12. The number of thiophene rings is 1. The van der Waals surface area contributed by atoms with Crippen LogP contribution in [0.3, 0.4) is 0 Å². The summed E-state index contributed by atoms with van der Waals surface area (Å²) in [5.74, 6) is -1.35. The first kappa shape index (κ1) is 20.5. The number of hydrogen-bond donors (Lipinski definition) is 1. The molecule has 2 heterocycles. The summed E-state index contributed by atoms with van der Waals surface area (Å²) in [6.45, 7) is -0.960. The Morgan fingerprint density at radius 1 is 1.21 bits per heavy atom. The predicted molar refractivity (Wildman–Crippen MR) is 105 cm³/mol. The van der Waals surface area contributed by atoms with Gasteiger partial charge >= 0.3 is 12.6 Å². The average Bonchev–Trinajstić information content (AvgIpc) is 3.24. The van der Waals surface area contributed by atoms with Crippen molar-refractivity contribution in [2.45, 2.75) is 20.1 Å². The van der Waals surface area contributed by atoms with Crippen molar-refractivity contribution in [3.63, 3.8) is 0 Å². The quantitative estimate of drug-likeness (QED) is 0.570. The lowest BCUT2D eigenvalue weighted by Gasteiger charge is -2.07. The molecule has 0 aliphatic rings. The van der Waals surface area contributed by atoms with Gasteiger partial charge in [-0.05, 0) is 24.6 Å². The fourth-order valence-corrected chi connectivity index (χ4v) is 3.62. The van der Waals surface area contributed by atoms with Crippen molar-refractivity contribution in [2.75, 3.05) is 12.4 Å². The molecule has 0 bridgehead atoms. The van der Waals surface area contributed by atoms with Crippen LogP contribution >= 0.6 is 11.3 Å². The highest BCUT2D eigenvalue weighted by molar-refractivity contribution is 7.14. The molecule has 0 fully saturated rings. The number of nitrogens with one attached hydrogen (secondary N) is 1. The molecule has 0 unspecified atom stereocenters. The van der Waals surface area contributed by atoms with Crippen molar-refractivity contribution in [3.8, 4) is 5.75 Å². The number of carbonyl (C=O) groups excluding carboxylic acids is 2. The molecule has 1 N–H and O–H groups in total. The Bertz CT molecular complexity index is 1010. The summed E-state index contributed by atoms with van der Waals surface area (Å²) in [4.78, 5) is 25.4. The molecular weight excluding hydrogens is 402 g/mol. The number of esters is 1. The fraction of sp³-hybridized carbons (Fsp3) is 0.200. The maximum absolute atomic E-state index is 12.6. The zero-order valence-electron chi connectivity index (χ0n) is 15.6. The number of hydrogen-bond acceptors (Lipinski definition) is 5. The van der Waals surface area contributed by atoms with E-state index in [1.54, 1.807) is 17.7 Å². The summed E-state index contributed by atoms with van der Waals surface area (Å²) in [7, 11) is 1.27. The van der Waals surface area contributed by atoms with Gasteiger partial charge in [-0.25, -0.2) is 4.79 Å². The number of benzene rings is 1. The zero-order chi connectivity index (χ0) is 21.0. The number of ether oxygens (including phenoxy) is 2. The third-order valence-electron chi connectivity index (χ3n) is 3.99. The van der Waals surface area contributed by atoms with Gasteiger partial charge in [0.05, 0.1) is 12.8 Å². The van der Waals surface area contributed by atoms with E-state index in [1.807, 2.05) is 30.3 Å². The maximum atomic E-state index is 12.6. The van der Waals surface area contributed by atoms with Crippen LogP contribution in [0.1, 0.15) is 30.6 Å². The standard InChI is InChI=1S/C20H18F2N2O4S/c1-12-8-16(28-20(21)22)17(29-12)18(25)23-14-9-15(19(26)27-2)24(11-14)10-13-6-4-3-5-7-13/h3-9,11,20H,10H2,1-2H3,(H,23,25). The molecule has 1 aromatic carbocycles. The van der Waals surface area contributed by atoms with Gasteiger partial charge in [0.2, 0.25) is 0 Å². The monoisotopic (exact) mass is 420 g/mol. The van der Waals surface area contributed by atoms with Gasteiger partial charge < -0.3 is 19.4 Å². The van der Waals surface area contributed by atoms with Crippen molar-refractivity contribution >= 4 is 28.9 Å².